The lowest BCUT2D eigenvalue weighted by atomic mass is 10.0. The number of benzene rings is 3. The molecule has 1 atom stereocenters. The van der Waals surface area contributed by atoms with Gasteiger partial charge < -0.3 is 15.6 Å². The zero-order valence-electron chi connectivity index (χ0n) is 16.0. The van der Waals surface area contributed by atoms with Gasteiger partial charge >= 0.3 is 5.97 Å². The third-order valence-corrected chi connectivity index (χ3v) is 4.56. The van der Waals surface area contributed by atoms with E-state index in [2.05, 4.69) is 0 Å². The average molecular weight is 392 g/mol. The van der Waals surface area contributed by atoms with Crippen LogP contribution < -0.4 is 15.4 Å². The number of nitrogens with zero attached hydrogens (tertiary/aromatic N) is 1. The number of para-hydroxylation sites is 1. The molecule has 3 N–H and O–H groups in total. The molecule has 0 aliphatic rings. The molecule has 0 aliphatic carbocycles. The molecule has 3 aromatic carbocycles. The SMILES string of the molecule is CC(=O)N(c1ccccc1)C(C)C(=O)Oc1cc(C(N)=O)c(O)c2ccccc12. The summed E-state index contributed by atoms with van der Waals surface area (Å²) in [7, 11) is 0. The summed E-state index contributed by atoms with van der Waals surface area (Å²) in [5, 5.41) is 11.1. The lowest BCUT2D eigenvalue weighted by Gasteiger charge is -2.27. The molecule has 0 aliphatic heterocycles. The predicted molar refractivity (Wildman–Crippen MR) is 109 cm³/mol. The molecule has 2 amide bonds. The van der Waals surface area contributed by atoms with Crippen LogP contribution in [0.3, 0.4) is 0 Å². The van der Waals surface area contributed by atoms with Crippen molar-refractivity contribution in [3.63, 3.8) is 0 Å². The number of rotatable bonds is 5. The summed E-state index contributed by atoms with van der Waals surface area (Å²) in [6.45, 7) is 2.91. The summed E-state index contributed by atoms with van der Waals surface area (Å²) >= 11 is 0. The normalized spacial score (nSPS) is 11.7. The number of amides is 2. The Morgan fingerprint density at radius 2 is 1.59 bits per heavy atom. The first-order chi connectivity index (χ1) is 13.8. The Bertz CT molecular complexity index is 1100. The first-order valence-electron chi connectivity index (χ1n) is 8.92. The molecule has 0 saturated carbocycles. The van der Waals surface area contributed by atoms with Gasteiger partial charge in [0.05, 0.1) is 5.56 Å². The lowest BCUT2D eigenvalue weighted by molar-refractivity contribution is -0.136. The topological polar surface area (TPSA) is 110 Å². The number of esters is 1. The number of hydrogen-bond acceptors (Lipinski definition) is 5. The van der Waals surface area contributed by atoms with Crippen LogP contribution in [0.4, 0.5) is 5.69 Å². The van der Waals surface area contributed by atoms with Crippen LogP contribution in [-0.4, -0.2) is 28.9 Å². The molecule has 0 spiro atoms. The average Bonchev–Trinajstić information content (AvgIpc) is 2.70. The summed E-state index contributed by atoms with van der Waals surface area (Å²) in [5.41, 5.74) is 5.73. The number of phenols is 1. The molecule has 3 aromatic rings. The summed E-state index contributed by atoms with van der Waals surface area (Å²) in [5.74, 6) is -2.09. The van der Waals surface area contributed by atoms with E-state index < -0.39 is 17.9 Å². The monoisotopic (exact) mass is 392 g/mol. The molecule has 0 bridgehead atoms. The first-order valence-corrected chi connectivity index (χ1v) is 8.92. The van der Waals surface area contributed by atoms with Gasteiger partial charge in [-0.05, 0) is 25.1 Å². The molecular weight excluding hydrogens is 372 g/mol. The van der Waals surface area contributed by atoms with E-state index in [0.29, 0.717) is 16.5 Å². The maximum Gasteiger partial charge on any atom is 0.334 e. The van der Waals surface area contributed by atoms with Gasteiger partial charge in [0.25, 0.3) is 5.91 Å². The molecule has 148 valence electrons. The molecule has 0 fully saturated rings. The lowest BCUT2D eigenvalue weighted by Crippen LogP contribution is -2.44. The third kappa shape index (κ3) is 3.89. The number of aromatic hydroxyl groups is 1. The minimum atomic E-state index is -0.931. The van der Waals surface area contributed by atoms with E-state index in [0.717, 1.165) is 0 Å². The second-order valence-corrected chi connectivity index (χ2v) is 6.50. The summed E-state index contributed by atoms with van der Waals surface area (Å²) in [6, 6.07) is 15.7. The fourth-order valence-corrected chi connectivity index (χ4v) is 3.16. The standard InChI is InChI=1S/C22H20N2O5/c1-13(24(14(2)25)15-8-4-3-5-9-15)22(28)29-19-12-18(21(23)27)20(26)17-11-7-6-10-16(17)19/h3-13,26H,1-2H3,(H2,23,27). The minimum Gasteiger partial charge on any atom is -0.506 e. The summed E-state index contributed by atoms with van der Waals surface area (Å²) in [4.78, 5) is 38.0. The number of primary amides is 1. The second-order valence-electron chi connectivity index (χ2n) is 6.50. The highest BCUT2D eigenvalue weighted by Crippen LogP contribution is 2.36. The highest BCUT2D eigenvalue weighted by Gasteiger charge is 2.28. The van der Waals surface area contributed by atoms with Crippen LogP contribution >= 0.6 is 0 Å². The van der Waals surface area contributed by atoms with Crippen LogP contribution in [0.2, 0.25) is 0 Å². The van der Waals surface area contributed by atoms with Crippen molar-refractivity contribution in [3.05, 3.63) is 66.2 Å². The molecule has 1 unspecified atom stereocenters. The number of hydrogen-bond donors (Lipinski definition) is 2. The van der Waals surface area contributed by atoms with Crippen molar-refractivity contribution in [1.29, 1.82) is 0 Å². The van der Waals surface area contributed by atoms with E-state index >= 15 is 0 Å². The van der Waals surface area contributed by atoms with Crippen LogP contribution in [0.1, 0.15) is 24.2 Å². The van der Waals surface area contributed by atoms with Gasteiger partial charge in [-0.15, -0.1) is 0 Å². The molecule has 3 rings (SSSR count). The van der Waals surface area contributed by atoms with Crippen molar-refractivity contribution in [2.45, 2.75) is 19.9 Å². The van der Waals surface area contributed by atoms with Crippen molar-refractivity contribution < 1.29 is 24.2 Å². The number of ether oxygens (including phenoxy) is 1. The Balaban J connectivity index is 2.00. The molecule has 0 saturated heterocycles. The van der Waals surface area contributed by atoms with Crippen molar-refractivity contribution in [1.82, 2.24) is 0 Å². The molecule has 0 aromatic heterocycles. The predicted octanol–water partition coefficient (Wildman–Crippen LogP) is 2.99. The summed E-state index contributed by atoms with van der Waals surface area (Å²) in [6.07, 6.45) is 0. The van der Waals surface area contributed by atoms with Gasteiger partial charge in [-0.2, -0.15) is 0 Å². The van der Waals surface area contributed by atoms with Gasteiger partial charge in [-0.1, -0.05) is 42.5 Å². The van der Waals surface area contributed by atoms with Crippen LogP contribution in [0, 0.1) is 0 Å². The minimum absolute atomic E-state index is 0.0700. The van der Waals surface area contributed by atoms with E-state index in [1.807, 2.05) is 0 Å². The molecule has 29 heavy (non-hydrogen) atoms. The molecule has 7 nitrogen and oxygen atoms in total. The van der Waals surface area contributed by atoms with Crippen LogP contribution in [0.25, 0.3) is 10.8 Å². The van der Waals surface area contributed by atoms with Gasteiger partial charge in [0.1, 0.15) is 17.5 Å². The Morgan fingerprint density at radius 3 is 2.17 bits per heavy atom. The van der Waals surface area contributed by atoms with Gasteiger partial charge in [0.2, 0.25) is 5.91 Å². The number of anilines is 1. The van der Waals surface area contributed by atoms with Crippen LogP contribution in [0.15, 0.2) is 60.7 Å². The van der Waals surface area contributed by atoms with Crippen LogP contribution in [-0.2, 0) is 9.59 Å². The van der Waals surface area contributed by atoms with E-state index in [1.54, 1.807) is 61.5 Å². The van der Waals surface area contributed by atoms with Crippen molar-refractivity contribution >= 4 is 34.2 Å². The molecule has 0 heterocycles. The Kier molecular flexibility index (Phi) is 5.50. The highest BCUT2D eigenvalue weighted by atomic mass is 16.5. The van der Waals surface area contributed by atoms with E-state index in [1.165, 1.54) is 17.9 Å². The van der Waals surface area contributed by atoms with Gasteiger partial charge in [-0.25, -0.2) is 4.79 Å². The molecule has 7 heteroatoms. The number of fused-ring (bicyclic) bond motifs is 1. The number of carbonyl (C=O) groups is 3. The summed E-state index contributed by atoms with van der Waals surface area (Å²) < 4.78 is 5.54. The maximum atomic E-state index is 12.8. The number of carbonyl (C=O) groups excluding carboxylic acids is 3. The van der Waals surface area contributed by atoms with Crippen molar-refractivity contribution in [2.24, 2.45) is 5.73 Å². The zero-order chi connectivity index (χ0) is 21.1. The van der Waals surface area contributed by atoms with Gasteiger partial charge in [0.15, 0.2) is 0 Å². The van der Waals surface area contributed by atoms with Crippen LogP contribution in [0.5, 0.6) is 11.5 Å². The fraction of sp³-hybridized carbons (Fsp3) is 0.136. The highest BCUT2D eigenvalue weighted by molar-refractivity contribution is 6.06. The Labute approximate surface area is 167 Å². The van der Waals surface area contributed by atoms with Crippen molar-refractivity contribution in [3.8, 4) is 11.5 Å². The molecule has 0 radical (unpaired) electrons. The maximum absolute atomic E-state index is 12.8. The first kappa shape index (κ1) is 19.9. The van der Waals surface area contributed by atoms with Gasteiger partial charge in [0, 0.05) is 23.4 Å². The van der Waals surface area contributed by atoms with E-state index in [-0.39, 0.29) is 23.0 Å². The Hall–Kier alpha value is -3.87. The number of nitrogens with two attached hydrogens (primary N) is 1. The quantitative estimate of drug-likeness (QED) is 0.512. The van der Waals surface area contributed by atoms with Gasteiger partial charge in [-0.3, -0.25) is 14.5 Å². The van der Waals surface area contributed by atoms with E-state index in [9.17, 15) is 19.5 Å². The second kappa shape index (κ2) is 8.02. The Morgan fingerprint density at radius 1 is 1.00 bits per heavy atom. The van der Waals surface area contributed by atoms with E-state index in [4.69, 9.17) is 10.5 Å². The zero-order valence-corrected chi connectivity index (χ0v) is 16.0. The third-order valence-electron chi connectivity index (χ3n) is 4.56. The fourth-order valence-electron chi connectivity index (χ4n) is 3.16. The molecular formula is C22H20N2O5. The van der Waals surface area contributed by atoms with Crippen molar-refractivity contribution in [2.75, 3.05) is 4.90 Å². The smallest absolute Gasteiger partial charge is 0.334 e. The largest absolute Gasteiger partial charge is 0.506 e.